The highest BCUT2D eigenvalue weighted by Crippen LogP contribution is 2.16. The van der Waals surface area contributed by atoms with Gasteiger partial charge in [0.15, 0.2) is 5.15 Å². The highest BCUT2D eigenvalue weighted by Gasteiger charge is 2.18. The quantitative estimate of drug-likeness (QED) is 0.799. The van der Waals surface area contributed by atoms with Crippen LogP contribution in [-0.4, -0.2) is 31.8 Å². The first-order chi connectivity index (χ1) is 6.15. The van der Waals surface area contributed by atoms with Crippen molar-refractivity contribution < 1.29 is 10.2 Å². The zero-order valence-corrected chi connectivity index (χ0v) is 8.90. The van der Waals surface area contributed by atoms with E-state index in [1.807, 2.05) is 0 Å². The Morgan fingerprint density at radius 1 is 1.38 bits per heavy atom. The standard InChI is InChI=1S/C7H8BrClN2O2/c8-3-5(12)7(13)4-1-2-6(9)11-10-4/h1-2,5,7,12-13H,3H2. The second kappa shape index (κ2) is 4.85. The summed E-state index contributed by atoms with van der Waals surface area (Å²) < 4.78 is 0. The van der Waals surface area contributed by atoms with Crippen LogP contribution in [0.5, 0.6) is 0 Å². The van der Waals surface area contributed by atoms with Crippen molar-refractivity contribution in [2.24, 2.45) is 0 Å². The molecule has 0 radical (unpaired) electrons. The van der Waals surface area contributed by atoms with E-state index in [9.17, 15) is 10.2 Å². The predicted molar refractivity (Wildman–Crippen MR) is 51.8 cm³/mol. The second-order valence-corrected chi connectivity index (χ2v) is 3.48. The summed E-state index contributed by atoms with van der Waals surface area (Å²) in [4.78, 5) is 0. The first-order valence-electron chi connectivity index (χ1n) is 3.56. The maximum Gasteiger partial charge on any atom is 0.151 e. The summed E-state index contributed by atoms with van der Waals surface area (Å²) in [5, 5.41) is 26.4. The predicted octanol–water partition coefficient (Wildman–Crippen LogP) is 0.919. The maximum atomic E-state index is 9.45. The Morgan fingerprint density at radius 2 is 2.08 bits per heavy atom. The van der Waals surface area contributed by atoms with E-state index < -0.39 is 12.2 Å². The number of aliphatic hydroxyl groups is 2. The van der Waals surface area contributed by atoms with Crippen molar-refractivity contribution in [3.05, 3.63) is 23.0 Å². The smallest absolute Gasteiger partial charge is 0.151 e. The third-order valence-electron chi connectivity index (χ3n) is 1.48. The Bertz CT molecular complexity index is 270. The van der Waals surface area contributed by atoms with Gasteiger partial charge in [0, 0.05) is 5.33 Å². The minimum Gasteiger partial charge on any atom is -0.389 e. The van der Waals surface area contributed by atoms with E-state index in [0.29, 0.717) is 5.69 Å². The van der Waals surface area contributed by atoms with Gasteiger partial charge in [0.25, 0.3) is 0 Å². The molecule has 1 rings (SSSR count). The lowest BCUT2D eigenvalue weighted by atomic mass is 10.1. The summed E-state index contributed by atoms with van der Waals surface area (Å²) in [7, 11) is 0. The van der Waals surface area contributed by atoms with Gasteiger partial charge in [0.05, 0.1) is 11.8 Å². The number of aliphatic hydroxyl groups excluding tert-OH is 2. The molecule has 0 saturated carbocycles. The third-order valence-corrected chi connectivity index (χ3v) is 2.34. The fourth-order valence-electron chi connectivity index (χ4n) is 0.766. The molecule has 0 aliphatic carbocycles. The van der Waals surface area contributed by atoms with Gasteiger partial charge in [0.2, 0.25) is 0 Å². The summed E-state index contributed by atoms with van der Waals surface area (Å²) in [6, 6.07) is 3.03. The number of hydrogen-bond acceptors (Lipinski definition) is 4. The van der Waals surface area contributed by atoms with E-state index in [1.165, 1.54) is 12.1 Å². The molecule has 0 spiro atoms. The SMILES string of the molecule is OC(CBr)C(O)c1ccc(Cl)nn1. The van der Waals surface area contributed by atoms with E-state index in [0.717, 1.165) is 0 Å². The molecule has 13 heavy (non-hydrogen) atoms. The van der Waals surface area contributed by atoms with Crippen LogP contribution in [0.25, 0.3) is 0 Å². The molecule has 2 atom stereocenters. The molecule has 2 unspecified atom stereocenters. The molecular formula is C7H8BrClN2O2. The second-order valence-electron chi connectivity index (χ2n) is 2.45. The number of halogens is 2. The minimum absolute atomic E-state index is 0.254. The van der Waals surface area contributed by atoms with Crippen LogP contribution in [0, 0.1) is 0 Å². The summed E-state index contributed by atoms with van der Waals surface area (Å²) in [5.41, 5.74) is 0.302. The van der Waals surface area contributed by atoms with Crippen LogP contribution >= 0.6 is 27.5 Å². The monoisotopic (exact) mass is 266 g/mol. The Labute approximate surface area is 88.7 Å². The molecule has 6 heteroatoms. The molecule has 0 aromatic carbocycles. The molecule has 72 valence electrons. The van der Waals surface area contributed by atoms with Gasteiger partial charge in [-0.05, 0) is 12.1 Å². The zero-order chi connectivity index (χ0) is 9.84. The Morgan fingerprint density at radius 3 is 2.54 bits per heavy atom. The number of alkyl halides is 1. The lowest BCUT2D eigenvalue weighted by Crippen LogP contribution is -2.20. The molecule has 4 nitrogen and oxygen atoms in total. The molecule has 0 aliphatic rings. The van der Waals surface area contributed by atoms with Crippen molar-refractivity contribution in [2.45, 2.75) is 12.2 Å². The van der Waals surface area contributed by atoms with Gasteiger partial charge in [-0.1, -0.05) is 27.5 Å². The fraction of sp³-hybridized carbons (Fsp3) is 0.429. The van der Waals surface area contributed by atoms with Crippen LogP contribution in [0.4, 0.5) is 0 Å². The molecule has 1 heterocycles. The molecule has 1 aromatic rings. The topological polar surface area (TPSA) is 66.2 Å². The van der Waals surface area contributed by atoms with E-state index in [1.54, 1.807) is 0 Å². The Balaban J connectivity index is 2.77. The first kappa shape index (κ1) is 10.8. The van der Waals surface area contributed by atoms with E-state index >= 15 is 0 Å². The molecule has 0 aliphatic heterocycles. The lowest BCUT2D eigenvalue weighted by molar-refractivity contribution is 0.0309. The van der Waals surface area contributed by atoms with Gasteiger partial charge in [-0.15, -0.1) is 5.10 Å². The molecule has 0 amide bonds. The van der Waals surface area contributed by atoms with Crippen molar-refractivity contribution >= 4 is 27.5 Å². The van der Waals surface area contributed by atoms with Crippen LogP contribution in [0.2, 0.25) is 5.15 Å². The average molecular weight is 268 g/mol. The van der Waals surface area contributed by atoms with Gasteiger partial charge in [-0.3, -0.25) is 0 Å². The van der Waals surface area contributed by atoms with E-state index in [2.05, 4.69) is 26.1 Å². The summed E-state index contributed by atoms with van der Waals surface area (Å²) >= 11 is 8.55. The summed E-state index contributed by atoms with van der Waals surface area (Å²) in [6.45, 7) is 0. The number of aromatic nitrogens is 2. The number of rotatable bonds is 3. The van der Waals surface area contributed by atoms with Crippen molar-refractivity contribution in [3.8, 4) is 0 Å². The normalized spacial score (nSPS) is 15.4. The molecule has 0 bridgehead atoms. The first-order valence-corrected chi connectivity index (χ1v) is 5.06. The van der Waals surface area contributed by atoms with Crippen LogP contribution in [0.3, 0.4) is 0 Å². The average Bonchev–Trinajstić information content (AvgIpc) is 2.17. The molecular weight excluding hydrogens is 259 g/mol. The van der Waals surface area contributed by atoms with Crippen LogP contribution in [0.15, 0.2) is 12.1 Å². The third kappa shape index (κ3) is 2.87. The van der Waals surface area contributed by atoms with Gasteiger partial charge >= 0.3 is 0 Å². The molecule has 1 aromatic heterocycles. The number of nitrogens with zero attached hydrogens (tertiary/aromatic N) is 2. The van der Waals surface area contributed by atoms with Gasteiger partial charge in [-0.25, -0.2) is 0 Å². The fourth-order valence-corrected chi connectivity index (χ4v) is 1.22. The van der Waals surface area contributed by atoms with Crippen LogP contribution in [-0.2, 0) is 0 Å². The lowest BCUT2D eigenvalue weighted by Gasteiger charge is -2.13. The molecule has 2 N–H and O–H groups in total. The van der Waals surface area contributed by atoms with Crippen molar-refractivity contribution in [3.63, 3.8) is 0 Å². The maximum absolute atomic E-state index is 9.45. The summed E-state index contributed by atoms with van der Waals surface area (Å²) in [6.07, 6.45) is -1.93. The van der Waals surface area contributed by atoms with E-state index in [-0.39, 0.29) is 10.5 Å². The zero-order valence-electron chi connectivity index (χ0n) is 6.56. The van der Waals surface area contributed by atoms with Crippen LogP contribution < -0.4 is 0 Å². The Hall–Kier alpha value is -0.230. The highest BCUT2D eigenvalue weighted by molar-refractivity contribution is 9.09. The molecule has 0 saturated heterocycles. The molecule has 0 fully saturated rings. The van der Waals surface area contributed by atoms with Crippen LogP contribution in [0.1, 0.15) is 11.8 Å². The highest BCUT2D eigenvalue weighted by atomic mass is 79.9. The van der Waals surface area contributed by atoms with Crippen molar-refractivity contribution in [1.82, 2.24) is 10.2 Å². The minimum atomic E-state index is -1.04. The number of hydrogen-bond donors (Lipinski definition) is 2. The van der Waals surface area contributed by atoms with Gasteiger partial charge in [0.1, 0.15) is 6.10 Å². The van der Waals surface area contributed by atoms with Gasteiger partial charge in [-0.2, -0.15) is 5.10 Å². The van der Waals surface area contributed by atoms with Crippen molar-refractivity contribution in [1.29, 1.82) is 0 Å². The van der Waals surface area contributed by atoms with Crippen molar-refractivity contribution in [2.75, 3.05) is 5.33 Å². The summed E-state index contributed by atoms with van der Waals surface area (Å²) in [5.74, 6) is 0. The van der Waals surface area contributed by atoms with Gasteiger partial charge < -0.3 is 10.2 Å². The Kier molecular flexibility index (Phi) is 4.05. The van der Waals surface area contributed by atoms with E-state index in [4.69, 9.17) is 11.6 Å². The largest absolute Gasteiger partial charge is 0.389 e.